The van der Waals surface area contributed by atoms with Crippen molar-refractivity contribution in [3.8, 4) is 44.5 Å². The number of carbonyl (C=O) groups excluding carboxylic acids is 4. The van der Waals surface area contributed by atoms with Crippen molar-refractivity contribution in [2.24, 2.45) is 23.7 Å². The maximum atomic E-state index is 12.8. The van der Waals surface area contributed by atoms with E-state index in [1.165, 1.54) is 23.8 Å². The van der Waals surface area contributed by atoms with Crippen LogP contribution in [0.5, 0.6) is 0 Å². The van der Waals surface area contributed by atoms with Gasteiger partial charge in [-0.2, -0.15) is 26.3 Å². The van der Waals surface area contributed by atoms with Crippen LogP contribution in [0.4, 0.5) is 26.3 Å². The Kier molecular flexibility index (Phi) is 16.4. The quantitative estimate of drug-likeness (QED) is 0.165. The molecule has 79 heavy (non-hydrogen) atoms. The highest BCUT2D eigenvalue weighted by Gasteiger charge is 2.35. The minimum absolute atomic E-state index is 0.0596. The van der Waals surface area contributed by atoms with E-state index >= 15 is 0 Å². The molecule has 13 heteroatoms. The zero-order valence-electron chi connectivity index (χ0n) is 43.3. The van der Waals surface area contributed by atoms with Crippen LogP contribution >= 0.6 is 34.8 Å². The monoisotopic (exact) mass is 1130 g/mol. The fourth-order valence-corrected chi connectivity index (χ4v) is 11.6. The number of Topliss-reactive ketones (excluding diaryl/α,β-unsaturated/α-hetero) is 4. The lowest BCUT2D eigenvalue weighted by Gasteiger charge is -2.11. The van der Waals surface area contributed by atoms with Gasteiger partial charge < -0.3 is 0 Å². The van der Waals surface area contributed by atoms with Gasteiger partial charge in [0.1, 0.15) is 0 Å². The van der Waals surface area contributed by atoms with Crippen LogP contribution in [0.15, 0.2) is 164 Å². The van der Waals surface area contributed by atoms with E-state index in [2.05, 4.69) is 6.07 Å². The van der Waals surface area contributed by atoms with E-state index in [9.17, 15) is 45.5 Å². The molecule has 0 amide bonds. The third-order valence-electron chi connectivity index (χ3n) is 15.0. The average Bonchev–Trinajstić information content (AvgIpc) is 4.30. The molecular formula is C66H51Cl3F6O4. The summed E-state index contributed by atoms with van der Waals surface area (Å²) in [4.78, 5) is 48.1. The standard InChI is InChI=1S/2C17H13F3O.C16H12Cl2O.C16H13ClO/c1-10-8-15-13(6-3-7-14(15)16(10)21)11-4-2-5-12(9-11)17(18,19)20;1-10-9-15-13(3-2-4-14(15)16(10)21)11-5-7-12(8-6-11)17(18,19)20;1-9-5-15-13(3-2-4-14(15)16(9)19)10-6-11(17)8-12(18)7-10;1-10-9-15-13(3-2-4-14(15)16(10)18)11-5-7-12(17)8-6-11/h2-7,9-10H,8H2,1H3;2-8,10H,9H2,1H3;2-4,6-9H,5H2,1H3;2-8,10H,9H2,1H3. The Morgan fingerprint density at radius 2 is 0.620 bits per heavy atom. The van der Waals surface area contributed by atoms with Crippen LogP contribution in [0.25, 0.3) is 44.5 Å². The van der Waals surface area contributed by atoms with E-state index in [1.54, 1.807) is 42.5 Å². The molecule has 12 rings (SSSR count). The molecule has 4 atom stereocenters. The molecule has 8 aromatic rings. The summed E-state index contributed by atoms with van der Waals surface area (Å²) >= 11 is 18.0. The summed E-state index contributed by atoms with van der Waals surface area (Å²) in [6.07, 6.45) is -5.84. The van der Waals surface area contributed by atoms with Crippen molar-refractivity contribution in [1.29, 1.82) is 0 Å². The Balaban J connectivity index is 0.000000128. The van der Waals surface area contributed by atoms with Gasteiger partial charge in [0.25, 0.3) is 0 Å². The highest BCUT2D eigenvalue weighted by molar-refractivity contribution is 6.35. The summed E-state index contributed by atoms with van der Waals surface area (Å²) in [7, 11) is 0. The largest absolute Gasteiger partial charge is 0.416 e. The first-order chi connectivity index (χ1) is 37.5. The molecule has 402 valence electrons. The van der Waals surface area contributed by atoms with Gasteiger partial charge >= 0.3 is 12.4 Å². The lowest BCUT2D eigenvalue weighted by atomic mass is 9.95. The molecule has 8 aromatic carbocycles. The zero-order chi connectivity index (χ0) is 56.7. The smallest absolute Gasteiger partial charge is 0.294 e. The lowest BCUT2D eigenvalue weighted by Crippen LogP contribution is -2.04. The number of halogens is 9. The van der Waals surface area contributed by atoms with E-state index in [4.69, 9.17) is 34.8 Å². The summed E-state index contributed by atoms with van der Waals surface area (Å²) in [6.45, 7) is 7.68. The molecule has 0 fully saturated rings. The number of benzene rings is 8. The van der Waals surface area contributed by atoms with E-state index in [-0.39, 0.29) is 46.8 Å². The highest BCUT2D eigenvalue weighted by Crippen LogP contribution is 2.41. The van der Waals surface area contributed by atoms with Gasteiger partial charge in [0, 0.05) is 61.0 Å². The summed E-state index contributed by atoms with van der Waals surface area (Å²) < 4.78 is 76.3. The Bertz CT molecular complexity index is 3660. The average molecular weight is 1130 g/mol. The van der Waals surface area contributed by atoms with Crippen LogP contribution in [0, 0.1) is 23.7 Å². The number of ketones is 4. The van der Waals surface area contributed by atoms with Crippen LogP contribution in [0.3, 0.4) is 0 Å². The van der Waals surface area contributed by atoms with Crippen molar-refractivity contribution in [2.75, 3.05) is 0 Å². The normalized spacial score (nSPS) is 17.8. The fraction of sp³-hybridized carbons (Fsp3) is 0.212. The lowest BCUT2D eigenvalue weighted by molar-refractivity contribution is -0.138. The zero-order valence-corrected chi connectivity index (χ0v) is 45.5. The Hall–Kier alpha value is -7.11. The molecule has 0 heterocycles. The van der Waals surface area contributed by atoms with Gasteiger partial charge in [-0.25, -0.2) is 0 Å². The molecule has 0 radical (unpaired) electrons. The molecule has 4 unspecified atom stereocenters. The van der Waals surface area contributed by atoms with E-state index in [1.807, 2.05) is 100 Å². The number of hydrogen-bond donors (Lipinski definition) is 0. The number of carbonyl (C=O) groups is 4. The Labute approximate surface area is 469 Å². The van der Waals surface area contributed by atoms with Gasteiger partial charge in [0.05, 0.1) is 11.1 Å². The molecular weight excluding hydrogens is 1080 g/mol. The molecule has 4 nitrogen and oxygen atoms in total. The topological polar surface area (TPSA) is 68.3 Å². The van der Waals surface area contributed by atoms with Crippen molar-refractivity contribution < 1.29 is 45.5 Å². The van der Waals surface area contributed by atoms with Crippen molar-refractivity contribution in [1.82, 2.24) is 0 Å². The summed E-state index contributed by atoms with van der Waals surface area (Å²) in [6, 6.07) is 46.1. The number of alkyl halides is 6. The third kappa shape index (κ3) is 12.1. The second-order valence-electron chi connectivity index (χ2n) is 20.5. The van der Waals surface area contributed by atoms with Crippen molar-refractivity contribution in [3.63, 3.8) is 0 Å². The maximum absolute atomic E-state index is 12.8. The second-order valence-corrected chi connectivity index (χ2v) is 21.8. The molecule has 4 aliphatic rings. The summed E-state index contributed by atoms with van der Waals surface area (Å²) in [5.74, 6) is 0.671. The van der Waals surface area contributed by atoms with E-state index in [0.29, 0.717) is 45.1 Å². The van der Waals surface area contributed by atoms with Crippen LogP contribution in [-0.4, -0.2) is 23.1 Å². The molecule has 0 aliphatic heterocycles. The number of fused-ring (bicyclic) bond motifs is 4. The summed E-state index contributed by atoms with van der Waals surface area (Å²) in [5, 5.41) is 1.95. The van der Waals surface area contributed by atoms with E-state index < -0.39 is 23.5 Å². The minimum Gasteiger partial charge on any atom is -0.294 e. The van der Waals surface area contributed by atoms with Crippen molar-refractivity contribution >= 4 is 57.9 Å². The minimum atomic E-state index is -4.36. The first-order valence-electron chi connectivity index (χ1n) is 25.7. The van der Waals surface area contributed by atoms with Crippen molar-refractivity contribution in [2.45, 2.75) is 65.7 Å². The highest BCUT2D eigenvalue weighted by atomic mass is 35.5. The molecule has 0 aromatic heterocycles. The predicted octanol–water partition coefficient (Wildman–Crippen LogP) is 18.9. The van der Waals surface area contributed by atoms with Gasteiger partial charge in [0.15, 0.2) is 23.1 Å². The van der Waals surface area contributed by atoms with E-state index in [0.717, 1.165) is 103 Å². The van der Waals surface area contributed by atoms with Crippen LogP contribution < -0.4 is 0 Å². The van der Waals surface area contributed by atoms with Crippen molar-refractivity contribution in [3.05, 3.63) is 234 Å². The first kappa shape index (κ1) is 56.6. The number of hydrogen-bond acceptors (Lipinski definition) is 4. The van der Waals surface area contributed by atoms with Gasteiger partial charge in [-0.1, -0.05) is 172 Å². The fourth-order valence-electron chi connectivity index (χ4n) is 10.9. The van der Waals surface area contributed by atoms with Crippen LogP contribution in [0.2, 0.25) is 15.1 Å². The Morgan fingerprint density at radius 1 is 0.316 bits per heavy atom. The van der Waals surface area contributed by atoms with Crippen LogP contribution in [0.1, 0.15) is 103 Å². The predicted molar refractivity (Wildman–Crippen MR) is 301 cm³/mol. The second kappa shape index (κ2) is 22.9. The Morgan fingerprint density at radius 3 is 0.975 bits per heavy atom. The molecule has 0 N–H and O–H groups in total. The molecule has 4 aliphatic carbocycles. The third-order valence-corrected chi connectivity index (χ3v) is 15.6. The number of rotatable bonds is 4. The van der Waals surface area contributed by atoms with Gasteiger partial charge in [-0.15, -0.1) is 0 Å². The molecule has 0 bridgehead atoms. The molecule has 0 saturated carbocycles. The van der Waals surface area contributed by atoms with Gasteiger partial charge in [-0.3, -0.25) is 19.2 Å². The summed E-state index contributed by atoms with van der Waals surface area (Å²) in [5.41, 5.74) is 12.9. The SMILES string of the molecule is CC1Cc2c(cccc2-c2cc(Cl)cc(Cl)c2)C1=O.CC1Cc2c(cccc2-c2ccc(C(F)(F)F)cc2)C1=O.CC1Cc2c(cccc2-c2ccc(Cl)cc2)C1=O.CC1Cc2c(cccc2-c2cccc(C(F)(F)F)c2)C1=O. The molecule has 0 saturated heterocycles. The first-order valence-corrected chi connectivity index (χ1v) is 26.8. The van der Waals surface area contributed by atoms with Gasteiger partial charge in [0.2, 0.25) is 0 Å². The maximum Gasteiger partial charge on any atom is 0.416 e. The van der Waals surface area contributed by atoms with Crippen LogP contribution in [-0.2, 0) is 38.0 Å². The van der Waals surface area contributed by atoms with Gasteiger partial charge in [-0.05, 0) is 147 Å². The molecule has 0 spiro atoms.